The Bertz CT molecular complexity index is 1250. The Hall–Kier alpha value is -4.49. The lowest BCUT2D eigenvalue weighted by atomic mass is 10.0. The van der Waals surface area contributed by atoms with E-state index >= 15 is 0 Å². The molecule has 0 saturated carbocycles. The van der Waals surface area contributed by atoms with Crippen molar-refractivity contribution in [1.82, 2.24) is 10.1 Å². The van der Waals surface area contributed by atoms with Gasteiger partial charge in [0.25, 0.3) is 17.8 Å². The summed E-state index contributed by atoms with van der Waals surface area (Å²) in [5, 5.41) is 20.9. The molecule has 162 valence electrons. The number of nitrogens with two attached hydrogens (primary N) is 1. The summed E-state index contributed by atoms with van der Waals surface area (Å²) in [7, 11) is 0. The molecule has 1 aromatic heterocycles. The van der Waals surface area contributed by atoms with Gasteiger partial charge < -0.3 is 10.8 Å². The van der Waals surface area contributed by atoms with Gasteiger partial charge in [-0.25, -0.2) is 5.43 Å². The van der Waals surface area contributed by atoms with Crippen LogP contribution in [0.5, 0.6) is 0 Å². The Kier molecular flexibility index (Phi) is 6.62. The molecule has 0 bridgehead atoms. The summed E-state index contributed by atoms with van der Waals surface area (Å²) in [6.07, 6.45) is 1.46. The molecule has 10 nitrogen and oxygen atoms in total. The third kappa shape index (κ3) is 4.48. The van der Waals surface area contributed by atoms with Crippen molar-refractivity contribution in [2.24, 2.45) is 10.8 Å². The van der Waals surface area contributed by atoms with Crippen LogP contribution in [0.15, 0.2) is 53.6 Å². The van der Waals surface area contributed by atoms with Crippen LogP contribution in [0.1, 0.15) is 29.3 Å². The Morgan fingerprint density at radius 2 is 1.94 bits per heavy atom. The number of carbonyl (C=O) groups excluding carboxylic acids is 2. The molecule has 1 aliphatic heterocycles. The molecule has 1 atom stereocenters. The van der Waals surface area contributed by atoms with Gasteiger partial charge in [-0.1, -0.05) is 36.4 Å². The van der Waals surface area contributed by atoms with Gasteiger partial charge in [0.05, 0.1) is 41.5 Å². The molecule has 0 aliphatic carbocycles. The molecular formula is C22H20N6O4. The average Bonchev–Trinajstić information content (AvgIpc) is 2.96. The van der Waals surface area contributed by atoms with Gasteiger partial charge in [0, 0.05) is 23.4 Å². The van der Waals surface area contributed by atoms with Crippen molar-refractivity contribution in [2.75, 3.05) is 5.43 Å². The minimum absolute atomic E-state index is 0.103. The molecule has 0 spiro atoms. The number of carboxylic acid groups (broad SMARTS) is 1. The molecule has 3 aromatic rings. The van der Waals surface area contributed by atoms with E-state index in [4.69, 9.17) is 20.9 Å². The predicted molar refractivity (Wildman–Crippen MR) is 118 cm³/mol. The van der Waals surface area contributed by atoms with Crippen molar-refractivity contribution in [3.8, 4) is 17.3 Å². The first kappa shape index (κ1) is 22.2. The third-order valence-electron chi connectivity index (χ3n) is 4.55. The number of nitrogens with zero attached hydrogens (tertiary/aromatic N) is 3. The number of carbonyl (C=O) groups is 3. The van der Waals surface area contributed by atoms with Gasteiger partial charge in [0.15, 0.2) is 0 Å². The number of benzene rings is 2. The first-order valence-electron chi connectivity index (χ1n) is 9.54. The van der Waals surface area contributed by atoms with Gasteiger partial charge in [0.1, 0.15) is 0 Å². The lowest BCUT2D eigenvalue weighted by Gasteiger charge is -2.15. The zero-order valence-corrected chi connectivity index (χ0v) is 17.1. The molecule has 0 radical (unpaired) electrons. The van der Waals surface area contributed by atoms with Gasteiger partial charge in [-0.3, -0.25) is 24.5 Å². The maximum atomic E-state index is 12.5. The SMILES string of the molecule is CC(=O)O.N#CC[C@H](N)C(=O)Nn1c(-c2ccccc2)c2c3c(cccc31)C(=O)NN=C2. The van der Waals surface area contributed by atoms with Crippen LogP contribution >= 0.6 is 0 Å². The highest BCUT2D eigenvalue weighted by Gasteiger charge is 2.26. The van der Waals surface area contributed by atoms with Crippen LogP contribution in [0.2, 0.25) is 0 Å². The highest BCUT2D eigenvalue weighted by atomic mass is 16.4. The van der Waals surface area contributed by atoms with Crippen LogP contribution in [-0.2, 0) is 9.59 Å². The van der Waals surface area contributed by atoms with Crippen molar-refractivity contribution in [3.05, 3.63) is 59.7 Å². The predicted octanol–water partition coefficient (Wildman–Crippen LogP) is 1.79. The first-order chi connectivity index (χ1) is 15.3. The number of nitrogens with one attached hydrogen (secondary N) is 2. The fourth-order valence-corrected chi connectivity index (χ4v) is 3.28. The number of aromatic nitrogens is 1. The zero-order valence-electron chi connectivity index (χ0n) is 17.1. The standard InChI is InChI=1S/C20H16N6O2.C2H4O2/c21-10-9-15(22)20(28)25-26-16-8-4-7-13-17(16)14(11-23-24-19(13)27)18(26)12-5-2-1-3-6-12;1-2(3)4/h1-8,11,15H,9,22H2,(H,24,27)(H,25,28);1H3,(H,3,4)/t15-;/m0./s1. The highest BCUT2D eigenvalue weighted by molar-refractivity contribution is 6.17. The number of amides is 2. The van der Waals surface area contributed by atoms with Gasteiger partial charge in [-0.15, -0.1) is 0 Å². The average molecular weight is 432 g/mol. The third-order valence-corrected chi connectivity index (χ3v) is 4.55. The van der Waals surface area contributed by atoms with Crippen molar-refractivity contribution in [3.63, 3.8) is 0 Å². The number of hydrogen-bond acceptors (Lipinski definition) is 6. The van der Waals surface area contributed by atoms with Crippen LogP contribution in [0.25, 0.3) is 22.2 Å². The minimum Gasteiger partial charge on any atom is -0.481 e. The van der Waals surface area contributed by atoms with E-state index in [1.807, 2.05) is 36.4 Å². The Morgan fingerprint density at radius 3 is 2.59 bits per heavy atom. The Morgan fingerprint density at radius 1 is 1.25 bits per heavy atom. The molecule has 2 heterocycles. The number of nitriles is 1. The second-order valence-corrected chi connectivity index (χ2v) is 6.83. The monoisotopic (exact) mass is 432 g/mol. The fourth-order valence-electron chi connectivity index (χ4n) is 3.28. The lowest BCUT2D eigenvalue weighted by molar-refractivity contribution is -0.134. The van der Waals surface area contributed by atoms with Gasteiger partial charge in [-0.05, 0) is 12.1 Å². The molecule has 4 rings (SSSR count). The Balaban J connectivity index is 0.000000668. The summed E-state index contributed by atoms with van der Waals surface area (Å²) in [4.78, 5) is 33.9. The number of hydrogen-bond donors (Lipinski definition) is 4. The van der Waals surface area contributed by atoms with E-state index in [9.17, 15) is 9.59 Å². The summed E-state index contributed by atoms with van der Waals surface area (Å²) < 4.78 is 1.60. The van der Waals surface area contributed by atoms with Crippen molar-refractivity contribution in [2.45, 2.75) is 19.4 Å². The van der Waals surface area contributed by atoms with Crippen LogP contribution in [0.4, 0.5) is 0 Å². The van der Waals surface area contributed by atoms with Crippen molar-refractivity contribution in [1.29, 1.82) is 5.26 Å². The molecule has 2 amide bonds. The van der Waals surface area contributed by atoms with E-state index < -0.39 is 17.9 Å². The minimum atomic E-state index is -0.970. The summed E-state index contributed by atoms with van der Waals surface area (Å²) in [6, 6.07) is 15.6. The fraction of sp³-hybridized carbons (Fsp3) is 0.136. The van der Waals surface area contributed by atoms with Gasteiger partial charge in [0.2, 0.25) is 0 Å². The molecule has 0 fully saturated rings. The molecule has 2 aromatic carbocycles. The molecule has 32 heavy (non-hydrogen) atoms. The van der Waals surface area contributed by atoms with Gasteiger partial charge >= 0.3 is 0 Å². The Labute approximate surface area is 182 Å². The summed E-state index contributed by atoms with van der Waals surface area (Å²) in [5.41, 5.74) is 14.4. The maximum absolute atomic E-state index is 12.5. The zero-order chi connectivity index (χ0) is 23.3. The van der Waals surface area contributed by atoms with Crippen molar-refractivity contribution < 1.29 is 19.5 Å². The smallest absolute Gasteiger partial charge is 0.300 e. The topological polar surface area (TPSA) is 163 Å². The summed E-state index contributed by atoms with van der Waals surface area (Å²) in [6.45, 7) is 1.08. The van der Waals surface area contributed by atoms with Crippen LogP contribution in [0, 0.1) is 11.3 Å². The largest absolute Gasteiger partial charge is 0.481 e. The number of carboxylic acids is 1. The molecule has 5 N–H and O–H groups in total. The second-order valence-electron chi connectivity index (χ2n) is 6.83. The molecule has 0 saturated heterocycles. The highest BCUT2D eigenvalue weighted by Crippen LogP contribution is 2.34. The molecular weight excluding hydrogens is 412 g/mol. The number of rotatable bonds is 4. The van der Waals surface area contributed by atoms with E-state index in [1.54, 1.807) is 29.1 Å². The lowest BCUT2D eigenvalue weighted by Crippen LogP contribution is -2.39. The van der Waals surface area contributed by atoms with Crippen LogP contribution < -0.4 is 16.6 Å². The summed E-state index contributed by atoms with van der Waals surface area (Å²) >= 11 is 0. The maximum Gasteiger partial charge on any atom is 0.300 e. The second kappa shape index (κ2) is 9.55. The summed E-state index contributed by atoms with van der Waals surface area (Å²) in [5.74, 6) is -1.66. The number of hydrazone groups is 1. The van der Waals surface area contributed by atoms with Crippen LogP contribution in [-0.4, -0.2) is 39.8 Å². The van der Waals surface area contributed by atoms with Crippen LogP contribution in [0.3, 0.4) is 0 Å². The first-order valence-corrected chi connectivity index (χ1v) is 9.54. The van der Waals surface area contributed by atoms with E-state index in [0.717, 1.165) is 12.5 Å². The van der Waals surface area contributed by atoms with E-state index in [1.165, 1.54) is 0 Å². The molecule has 10 heteroatoms. The number of aliphatic carboxylic acids is 1. The van der Waals surface area contributed by atoms with E-state index in [2.05, 4.69) is 16.0 Å². The molecule has 1 aliphatic rings. The quantitative estimate of drug-likeness (QED) is 0.491. The normalized spacial score (nSPS) is 12.6. The van der Waals surface area contributed by atoms with Crippen molar-refractivity contribution >= 4 is 34.9 Å². The van der Waals surface area contributed by atoms with E-state index in [0.29, 0.717) is 27.7 Å². The molecule has 0 unspecified atom stereocenters. The van der Waals surface area contributed by atoms with Gasteiger partial charge in [-0.2, -0.15) is 10.4 Å². The van der Waals surface area contributed by atoms with E-state index in [-0.39, 0.29) is 12.3 Å².